The van der Waals surface area contributed by atoms with E-state index in [2.05, 4.69) is 10.4 Å². The van der Waals surface area contributed by atoms with Crippen LogP contribution < -0.4 is 5.32 Å². The van der Waals surface area contributed by atoms with Crippen LogP contribution in [0.2, 0.25) is 0 Å². The standard InChI is InChI=1S/C14H19N5O3S/c1-17-14(18-6-2-3-7-18)12(11-16-17)13(20)15-5-9-19-8-4-10-23(19,21)22/h2-3,6-7,11H,4-5,8-10H2,1H3,(H,15,20). The first-order chi connectivity index (χ1) is 11.0. The van der Waals surface area contributed by atoms with Crippen LogP contribution in [0, 0.1) is 0 Å². The summed E-state index contributed by atoms with van der Waals surface area (Å²) in [6.07, 6.45) is 5.84. The first-order valence-corrected chi connectivity index (χ1v) is 9.01. The fourth-order valence-electron chi connectivity index (χ4n) is 2.70. The van der Waals surface area contributed by atoms with Gasteiger partial charge in [-0.3, -0.25) is 9.48 Å². The van der Waals surface area contributed by atoms with Crippen molar-refractivity contribution >= 4 is 15.9 Å². The molecule has 23 heavy (non-hydrogen) atoms. The van der Waals surface area contributed by atoms with Gasteiger partial charge < -0.3 is 9.88 Å². The van der Waals surface area contributed by atoms with Crippen molar-refractivity contribution in [2.45, 2.75) is 6.42 Å². The quantitative estimate of drug-likeness (QED) is 0.830. The Morgan fingerprint density at radius 1 is 1.35 bits per heavy atom. The summed E-state index contributed by atoms with van der Waals surface area (Å²) in [7, 11) is -1.36. The molecule has 124 valence electrons. The first-order valence-electron chi connectivity index (χ1n) is 7.40. The van der Waals surface area contributed by atoms with Gasteiger partial charge in [0.15, 0.2) is 0 Å². The number of amides is 1. The van der Waals surface area contributed by atoms with E-state index in [1.807, 2.05) is 29.1 Å². The van der Waals surface area contributed by atoms with E-state index in [9.17, 15) is 13.2 Å². The van der Waals surface area contributed by atoms with E-state index in [1.54, 1.807) is 11.7 Å². The van der Waals surface area contributed by atoms with Crippen molar-refractivity contribution in [3.05, 3.63) is 36.3 Å². The molecule has 1 N–H and O–H groups in total. The summed E-state index contributed by atoms with van der Waals surface area (Å²) in [5, 5.41) is 6.90. The van der Waals surface area contributed by atoms with Crippen molar-refractivity contribution in [1.29, 1.82) is 0 Å². The molecule has 0 radical (unpaired) electrons. The Morgan fingerprint density at radius 2 is 2.09 bits per heavy atom. The lowest BCUT2D eigenvalue weighted by Gasteiger charge is -2.14. The van der Waals surface area contributed by atoms with Crippen molar-refractivity contribution < 1.29 is 13.2 Å². The molecule has 9 heteroatoms. The zero-order valence-electron chi connectivity index (χ0n) is 12.8. The number of hydrogen-bond acceptors (Lipinski definition) is 4. The number of sulfonamides is 1. The van der Waals surface area contributed by atoms with Gasteiger partial charge in [0.05, 0.1) is 11.9 Å². The number of carbonyl (C=O) groups excluding carboxylic acids is 1. The van der Waals surface area contributed by atoms with Crippen LogP contribution in [-0.4, -0.2) is 58.4 Å². The zero-order valence-corrected chi connectivity index (χ0v) is 13.7. The van der Waals surface area contributed by atoms with Crippen LogP contribution in [-0.2, 0) is 17.1 Å². The van der Waals surface area contributed by atoms with Gasteiger partial charge in [-0.1, -0.05) is 0 Å². The predicted octanol–water partition coefficient (Wildman–Crippen LogP) is -0.0239. The highest BCUT2D eigenvalue weighted by atomic mass is 32.2. The molecule has 3 heterocycles. The Hall–Kier alpha value is -2.13. The van der Waals surface area contributed by atoms with Crippen molar-refractivity contribution in [2.75, 3.05) is 25.4 Å². The van der Waals surface area contributed by atoms with Crippen LogP contribution >= 0.6 is 0 Å². The average molecular weight is 337 g/mol. The Kier molecular flexibility index (Phi) is 4.22. The van der Waals surface area contributed by atoms with Crippen molar-refractivity contribution in [2.24, 2.45) is 7.05 Å². The summed E-state index contributed by atoms with van der Waals surface area (Å²) in [6, 6.07) is 3.74. The largest absolute Gasteiger partial charge is 0.351 e. The summed E-state index contributed by atoms with van der Waals surface area (Å²) in [6.45, 7) is 1.10. The third-order valence-corrected chi connectivity index (χ3v) is 5.81. The van der Waals surface area contributed by atoms with Crippen molar-refractivity contribution in [3.63, 3.8) is 0 Å². The second-order valence-corrected chi connectivity index (χ2v) is 7.51. The summed E-state index contributed by atoms with van der Waals surface area (Å²) in [5.74, 6) is 0.598. The van der Waals surface area contributed by atoms with E-state index in [0.717, 1.165) is 0 Å². The molecule has 1 fully saturated rings. The van der Waals surface area contributed by atoms with E-state index in [4.69, 9.17) is 0 Å². The van der Waals surface area contributed by atoms with Gasteiger partial charge in [-0.15, -0.1) is 0 Å². The fraction of sp³-hybridized carbons (Fsp3) is 0.429. The number of hydrogen-bond donors (Lipinski definition) is 1. The molecule has 0 atom stereocenters. The number of aromatic nitrogens is 3. The molecule has 0 aromatic carbocycles. The van der Waals surface area contributed by atoms with E-state index < -0.39 is 10.0 Å². The summed E-state index contributed by atoms with van der Waals surface area (Å²) >= 11 is 0. The lowest BCUT2D eigenvalue weighted by molar-refractivity contribution is 0.0951. The topological polar surface area (TPSA) is 89.2 Å². The minimum atomic E-state index is -3.13. The molecule has 0 spiro atoms. The number of carbonyl (C=O) groups is 1. The number of nitrogens with one attached hydrogen (secondary N) is 1. The summed E-state index contributed by atoms with van der Waals surface area (Å²) in [5.41, 5.74) is 0.452. The second-order valence-electron chi connectivity index (χ2n) is 5.42. The van der Waals surface area contributed by atoms with Crippen LogP contribution in [0.1, 0.15) is 16.8 Å². The fourth-order valence-corrected chi connectivity index (χ4v) is 4.23. The van der Waals surface area contributed by atoms with E-state index in [1.165, 1.54) is 10.5 Å². The summed E-state index contributed by atoms with van der Waals surface area (Å²) < 4.78 is 28.3. The Morgan fingerprint density at radius 3 is 2.74 bits per heavy atom. The molecule has 8 nitrogen and oxygen atoms in total. The zero-order chi connectivity index (χ0) is 16.4. The SMILES string of the molecule is Cn1ncc(C(=O)NCCN2CCCS2(=O)=O)c1-n1cccc1. The summed E-state index contributed by atoms with van der Waals surface area (Å²) in [4.78, 5) is 12.4. The van der Waals surface area contributed by atoms with Gasteiger partial charge in [0.1, 0.15) is 11.4 Å². The molecule has 0 saturated carbocycles. The lowest BCUT2D eigenvalue weighted by atomic mass is 10.3. The van der Waals surface area contributed by atoms with E-state index in [0.29, 0.717) is 30.9 Å². The molecule has 0 aliphatic carbocycles. The molecular weight excluding hydrogens is 318 g/mol. The normalized spacial score (nSPS) is 17.4. The van der Waals surface area contributed by atoms with Crippen molar-refractivity contribution in [1.82, 2.24) is 24.0 Å². The van der Waals surface area contributed by atoms with Gasteiger partial charge in [0.25, 0.3) is 5.91 Å². The second kappa shape index (κ2) is 6.17. The van der Waals surface area contributed by atoms with Crippen LogP contribution in [0.4, 0.5) is 0 Å². The molecule has 2 aromatic heterocycles. The number of rotatable bonds is 5. The van der Waals surface area contributed by atoms with Crippen LogP contribution in [0.15, 0.2) is 30.7 Å². The molecule has 1 amide bonds. The molecule has 3 rings (SSSR count). The van der Waals surface area contributed by atoms with Crippen LogP contribution in [0.25, 0.3) is 5.82 Å². The number of aryl methyl sites for hydroxylation is 1. The first kappa shape index (κ1) is 15.8. The van der Waals surface area contributed by atoms with Gasteiger partial charge in [-0.25, -0.2) is 12.7 Å². The molecule has 1 aliphatic heterocycles. The highest BCUT2D eigenvalue weighted by Crippen LogP contribution is 2.14. The minimum absolute atomic E-state index is 0.196. The highest BCUT2D eigenvalue weighted by Gasteiger charge is 2.27. The number of nitrogens with zero attached hydrogens (tertiary/aromatic N) is 4. The van der Waals surface area contributed by atoms with Crippen LogP contribution in [0.5, 0.6) is 0 Å². The Bertz CT molecular complexity index is 794. The molecule has 1 saturated heterocycles. The van der Waals surface area contributed by atoms with Gasteiger partial charge in [0.2, 0.25) is 10.0 Å². The van der Waals surface area contributed by atoms with Gasteiger partial charge in [-0.2, -0.15) is 5.10 Å². The van der Waals surface area contributed by atoms with Crippen molar-refractivity contribution in [3.8, 4) is 5.82 Å². The van der Waals surface area contributed by atoms with E-state index in [-0.39, 0.29) is 18.2 Å². The maximum absolute atomic E-state index is 12.4. The van der Waals surface area contributed by atoms with Gasteiger partial charge in [0, 0.05) is 39.1 Å². The maximum atomic E-state index is 12.4. The lowest BCUT2D eigenvalue weighted by Crippen LogP contribution is -2.36. The van der Waals surface area contributed by atoms with Gasteiger partial charge >= 0.3 is 0 Å². The molecule has 0 bridgehead atoms. The Labute approximate surface area is 134 Å². The molecular formula is C14H19N5O3S. The monoisotopic (exact) mass is 337 g/mol. The molecule has 1 aliphatic rings. The predicted molar refractivity (Wildman–Crippen MR) is 84.8 cm³/mol. The average Bonchev–Trinajstić information content (AvgIpc) is 3.19. The smallest absolute Gasteiger partial charge is 0.256 e. The third kappa shape index (κ3) is 3.15. The molecule has 0 unspecified atom stereocenters. The maximum Gasteiger partial charge on any atom is 0.256 e. The highest BCUT2D eigenvalue weighted by molar-refractivity contribution is 7.89. The van der Waals surface area contributed by atoms with Gasteiger partial charge in [-0.05, 0) is 18.6 Å². The third-order valence-electron chi connectivity index (χ3n) is 3.85. The minimum Gasteiger partial charge on any atom is -0.351 e. The Balaban J connectivity index is 1.66. The van der Waals surface area contributed by atoms with Crippen LogP contribution in [0.3, 0.4) is 0 Å². The molecule has 2 aromatic rings. The van der Waals surface area contributed by atoms with E-state index >= 15 is 0 Å².